The zero-order chi connectivity index (χ0) is 29.1. The SMILES string of the molecule is COc1cc(OC)c([C@@H](CC(=O)N2CCCCC2)c2c(O)cc(O)c3c(=O)cc(-c4ccccc4)oc23)cc1OC. The smallest absolute Gasteiger partial charge is 0.223 e. The lowest BCUT2D eigenvalue weighted by Crippen LogP contribution is -2.36. The van der Waals surface area contributed by atoms with Gasteiger partial charge in [-0.3, -0.25) is 9.59 Å². The number of benzene rings is 3. The van der Waals surface area contributed by atoms with E-state index in [1.54, 1.807) is 24.3 Å². The van der Waals surface area contributed by atoms with Crippen molar-refractivity contribution in [2.24, 2.45) is 0 Å². The molecule has 9 nitrogen and oxygen atoms in total. The van der Waals surface area contributed by atoms with Gasteiger partial charge < -0.3 is 33.7 Å². The van der Waals surface area contributed by atoms with Gasteiger partial charge in [-0.05, 0) is 25.3 Å². The summed E-state index contributed by atoms with van der Waals surface area (Å²) in [5.74, 6) is -0.229. The molecule has 5 rings (SSSR count). The molecule has 3 aromatic carbocycles. The first-order chi connectivity index (χ1) is 19.9. The molecule has 1 saturated heterocycles. The van der Waals surface area contributed by atoms with E-state index in [4.69, 9.17) is 18.6 Å². The fourth-order valence-corrected chi connectivity index (χ4v) is 5.54. The Balaban J connectivity index is 1.79. The highest BCUT2D eigenvalue weighted by atomic mass is 16.5. The molecular formula is C32H33NO8. The molecule has 0 bridgehead atoms. The van der Waals surface area contributed by atoms with Crippen LogP contribution in [-0.4, -0.2) is 55.4 Å². The van der Waals surface area contributed by atoms with Gasteiger partial charge in [0.05, 0.1) is 21.3 Å². The van der Waals surface area contributed by atoms with Crippen molar-refractivity contribution in [1.29, 1.82) is 0 Å². The van der Waals surface area contributed by atoms with Crippen molar-refractivity contribution in [2.75, 3.05) is 34.4 Å². The Morgan fingerprint density at radius 3 is 2.20 bits per heavy atom. The quantitative estimate of drug-likeness (QED) is 0.293. The van der Waals surface area contributed by atoms with Crippen LogP contribution in [0.3, 0.4) is 0 Å². The monoisotopic (exact) mass is 559 g/mol. The van der Waals surface area contributed by atoms with Crippen LogP contribution in [0.1, 0.15) is 42.7 Å². The minimum absolute atomic E-state index is 0.0119. The maximum absolute atomic E-state index is 13.7. The topological polar surface area (TPSA) is 119 Å². The number of fused-ring (bicyclic) bond motifs is 1. The number of hydrogen-bond donors (Lipinski definition) is 2. The van der Waals surface area contributed by atoms with Crippen molar-refractivity contribution in [1.82, 2.24) is 4.90 Å². The van der Waals surface area contributed by atoms with E-state index in [1.165, 1.54) is 27.4 Å². The Morgan fingerprint density at radius 1 is 0.878 bits per heavy atom. The van der Waals surface area contributed by atoms with Gasteiger partial charge in [-0.15, -0.1) is 0 Å². The maximum Gasteiger partial charge on any atom is 0.223 e. The third-order valence-electron chi connectivity index (χ3n) is 7.60. The second-order valence-corrected chi connectivity index (χ2v) is 10.0. The number of nitrogens with zero attached hydrogens (tertiary/aromatic N) is 1. The van der Waals surface area contributed by atoms with Crippen LogP contribution in [0.5, 0.6) is 28.7 Å². The minimum Gasteiger partial charge on any atom is -0.507 e. The molecule has 0 spiro atoms. The van der Waals surface area contributed by atoms with Crippen LogP contribution in [0.2, 0.25) is 0 Å². The summed E-state index contributed by atoms with van der Waals surface area (Å²) in [5, 5.41) is 22.0. The number of carbonyl (C=O) groups is 1. The van der Waals surface area contributed by atoms with Gasteiger partial charge >= 0.3 is 0 Å². The highest BCUT2D eigenvalue weighted by Gasteiger charge is 2.32. The van der Waals surface area contributed by atoms with Crippen LogP contribution in [0.25, 0.3) is 22.3 Å². The summed E-state index contributed by atoms with van der Waals surface area (Å²) < 4.78 is 23.0. The van der Waals surface area contributed by atoms with Gasteiger partial charge in [-0.2, -0.15) is 0 Å². The summed E-state index contributed by atoms with van der Waals surface area (Å²) in [7, 11) is 4.50. The number of ether oxygens (including phenoxy) is 3. The predicted octanol–water partition coefficient (Wildman–Crippen LogP) is 5.43. The number of piperidine rings is 1. The molecule has 1 fully saturated rings. The highest BCUT2D eigenvalue weighted by Crippen LogP contribution is 2.47. The number of methoxy groups -OCH3 is 3. The van der Waals surface area contributed by atoms with Crippen LogP contribution in [-0.2, 0) is 4.79 Å². The van der Waals surface area contributed by atoms with Gasteiger partial charge in [0.25, 0.3) is 0 Å². The second-order valence-electron chi connectivity index (χ2n) is 10.0. The third kappa shape index (κ3) is 5.39. The van der Waals surface area contributed by atoms with Crippen LogP contribution in [0.15, 0.2) is 63.8 Å². The van der Waals surface area contributed by atoms with E-state index < -0.39 is 17.1 Å². The summed E-state index contributed by atoms with van der Waals surface area (Å²) in [4.78, 5) is 28.9. The number of likely N-dealkylation sites (tertiary alicyclic amines) is 1. The zero-order valence-electron chi connectivity index (χ0n) is 23.3. The lowest BCUT2D eigenvalue weighted by molar-refractivity contribution is -0.132. The van der Waals surface area contributed by atoms with Crippen molar-refractivity contribution < 1.29 is 33.6 Å². The first kappa shape index (κ1) is 27.9. The molecule has 0 unspecified atom stereocenters. The van der Waals surface area contributed by atoms with Crippen molar-refractivity contribution >= 4 is 16.9 Å². The van der Waals surface area contributed by atoms with Crippen LogP contribution in [0, 0.1) is 0 Å². The van der Waals surface area contributed by atoms with Crippen molar-refractivity contribution in [3.05, 3.63) is 75.9 Å². The summed E-state index contributed by atoms with van der Waals surface area (Å²) >= 11 is 0. The van der Waals surface area contributed by atoms with E-state index in [2.05, 4.69) is 0 Å². The van der Waals surface area contributed by atoms with E-state index in [0.29, 0.717) is 41.5 Å². The number of phenolic OH excluding ortho intramolecular Hbond substituents is 2. The normalized spacial score (nSPS) is 14.1. The van der Waals surface area contributed by atoms with Crippen molar-refractivity contribution in [3.8, 4) is 40.1 Å². The van der Waals surface area contributed by atoms with E-state index >= 15 is 0 Å². The van der Waals surface area contributed by atoms with Gasteiger partial charge in [0.15, 0.2) is 16.9 Å². The molecule has 9 heteroatoms. The van der Waals surface area contributed by atoms with Crippen molar-refractivity contribution in [2.45, 2.75) is 31.6 Å². The maximum atomic E-state index is 13.7. The summed E-state index contributed by atoms with van der Waals surface area (Å²) in [5.41, 5.74) is 0.852. The molecule has 1 atom stereocenters. The van der Waals surface area contributed by atoms with Crippen LogP contribution >= 0.6 is 0 Å². The molecule has 1 aliphatic rings. The van der Waals surface area contributed by atoms with Gasteiger partial charge in [-0.1, -0.05) is 30.3 Å². The average molecular weight is 560 g/mol. The number of phenols is 2. The molecular weight excluding hydrogens is 526 g/mol. The minimum atomic E-state index is -0.837. The number of hydrogen-bond acceptors (Lipinski definition) is 8. The Kier molecular flexibility index (Phi) is 8.05. The Hall–Kier alpha value is -4.66. The van der Waals surface area contributed by atoms with Gasteiger partial charge in [0.2, 0.25) is 5.91 Å². The number of carbonyl (C=O) groups excluding carboxylic acids is 1. The van der Waals surface area contributed by atoms with E-state index in [0.717, 1.165) is 25.3 Å². The number of rotatable bonds is 8. The summed E-state index contributed by atoms with van der Waals surface area (Å²) in [6, 6.07) is 14.8. The van der Waals surface area contributed by atoms with Gasteiger partial charge in [-0.25, -0.2) is 0 Å². The lowest BCUT2D eigenvalue weighted by atomic mass is 9.85. The molecule has 0 radical (unpaired) electrons. The molecule has 2 heterocycles. The first-order valence-corrected chi connectivity index (χ1v) is 13.5. The van der Waals surface area contributed by atoms with E-state index in [9.17, 15) is 19.8 Å². The molecule has 1 aromatic heterocycles. The molecule has 2 N–H and O–H groups in total. The zero-order valence-corrected chi connectivity index (χ0v) is 23.3. The largest absolute Gasteiger partial charge is 0.507 e. The standard InChI is InChI=1S/C32H33NO8/c1-38-26-18-28(40-3)27(39-2)14-20(26)21(15-29(37)33-12-8-5-9-13-33)30-22(34)16-23(35)31-24(36)17-25(41-32(30)31)19-10-6-4-7-11-19/h4,6-7,10-11,14,16-18,21,34-35H,5,8-9,12-13,15H2,1-3H3/t21-/m1/s1. The predicted molar refractivity (Wildman–Crippen MR) is 154 cm³/mol. The number of aromatic hydroxyl groups is 2. The lowest BCUT2D eigenvalue weighted by Gasteiger charge is -2.30. The van der Waals surface area contributed by atoms with Crippen molar-refractivity contribution in [3.63, 3.8) is 0 Å². The van der Waals surface area contributed by atoms with E-state index in [1.807, 2.05) is 23.1 Å². The van der Waals surface area contributed by atoms with Crippen LogP contribution in [0.4, 0.5) is 0 Å². The fraction of sp³-hybridized carbons (Fsp3) is 0.312. The molecule has 4 aromatic rings. The second kappa shape index (κ2) is 11.8. The Labute approximate surface area is 237 Å². The van der Waals surface area contributed by atoms with E-state index in [-0.39, 0.29) is 40.4 Å². The summed E-state index contributed by atoms with van der Waals surface area (Å²) in [6.45, 7) is 1.29. The van der Waals surface area contributed by atoms with Gasteiger partial charge in [0.1, 0.15) is 34.0 Å². The summed E-state index contributed by atoms with van der Waals surface area (Å²) in [6.07, 6.45) is 2.84. The molecule has 1 aliphatic heterocycles. The Morgan fingerprint density at radius 2 is 1.54 bits per heavy atom. The average Bonchev–Trinajstić information content (AvgIpc) is 3.00. The molecule has 214 valence electrons. The Bertz CT molecular complexity index is 1620. The number of amides is 1. The third-order valence-corrected chi connectivity index (χ3v) is 7.60. The first-order valence-electron chi connectivity index (χ1n) is 13.5. The highest BCUT2D eigenvalue weighted by molar-refractivity contribution is 5.91. The molecule has 1 amide bonds. The molecule has 41 heavy (non-hydrogen) atoms. The van der Waals surface area contributed by atoms with Crippen LogP contribution < -0.4 is 19.6 Å². The fourth-order valence-electron chi connectivity index (χ4n) is 5.54. The van der Waals surface area contributed by atoms with Gasteiger partial charge in [0, 0.05) is 60.3 Å². The molecule has 0 saturated carbocycles. The molecule has 0 aliphatic carbocycles.